The van der Waals surface area contributed by atoms with E-state index in [0.29, 0.717) is 0 Å². The number of aliphatic hydroxyl groups is 3. The lowest BCUT2D eigenvalue weighted by Gasteiger charge is -2.38. The van der Waals surface area contributed by atoms with Gasteiger partial charge in [-0.1, -0.05) is 0 Å². The molecule has 0 aliphatic carbocycles. The number of carbonyl (C=O) groups is 2. The van der Waals surface area contributed by atoms with Gasteiger partial charge < -0.3 is 35.2 Å². The SMILES string of the molecule is O=S(=O)(O)O.[2H]c1c([2H])c(O[C@@H]2O[C@H](C(=O)O)[C@@H](O)[C@H](O)[C@H]2O)c([2H])c([2H])c1NC(C)=O. The molecule has 1 aromatic carbocycles. The summed E-state index contributed by atoms with van der Waals surface area (Å²) < 4.78 is 73.1. The second-order valence-electron chi connectivity index (χ2n) is 5.19. The Labute approximate surface area is 164 Å². The molecule has 28 heavy (non-hydrogen) atoms. The predicted molar refractivity (Wildman–Crippen MR) is 89.9 cm³/mol. The molecule has 1 saturated heterocycles. The smallest absolute Gasteiger partial charge is 0.394 e. The van der Waals surface area contributed by atoms with Gasteiger partial charge in [0.25, 0.3) is 0 Å². The molecule has 0 saturated carbocycles. The van der Waals surface area contributed by atoms with Crippen LogP contribution < -0.4 is 10.1 Å². The molecule has 0 bridgehead atoms. The van der Waals surface area contributed by atoms with Crippen molar-refractivity contribution in [1.82, 2.24) is 0 Å². The minimum atomic E-state index is -4.67. The highest BCUT2D eigenvalue weighted by atomic mass is 32.3. The van der Waals surface area contributed by atoms with Gasteiger partial charge in [-0.3, -0.25) is 13.9 Å². The second kappa shape index (κ2) is 9.74. The monoisotopic (exact) mass is 429 g/mol. The number of nitrogens with one attached hydrogen (secondary N) is 1. The van der Waals surface area contributed by atoms with Crippen LogP contribution in [-0.4, -0.2) is 80.5 Å². The quantitative estimate of drug-likeness (QED) is 0.265. The molecule has 0 spiro atoms. The normalized spacial score (nSPS) is 29.1. The van der Waals surface area contributed by atoms with Crippen LogP contribution in [0.4, 0.5) is 5.69 Å². The van der Waals surface area contributed by atoms with Crippen molar-refractivity contribution < 1.29 is 62.5 Å². The molecule has 158 valence electrons. The van der Waals surface area contributed by atoms with Gasteiger partial charge in [0.05, 0.1) is 5.48 Å². The summed E-state index contributed by atoms with van der Waals surface area (Å²) in [6.07, 6.45) is -9.71. The number of carbonyl (C=O) groups excluding carboxylic acids is 1. The molecule has 2 rings (SSSR count). The number of hydrogen-bond acceptors (Lipinski definition) is 9. The van der Waals surface area contributed by atoms with Crippen LogP contribution in [0.3, 0.4) is 0 Å². The highest BCUT2D eigenvalue weighted by molar-refractivity contribution is 7.79. The molecule has 5 atom stereocenters. The summed E-state index contributed by atoms with van der Waals surface area (Å²) in [5.74, 6) is -2.98. The van der Waals surface area contributed by atoms with Crippen molar-refractivity contribution in [2.75, 3.05) is 5.32 Å². The van der Waals surface area contributed by atoms with Gasteiger partial charge in [0, 0.05) is 12.6 Å². The van der Waals surface area contributed by atoms with Gasteiger partial charge in [-0.25, -0.2) is 4.79 Å². The molecule has 14 heteroatoms. The van der Waals surface area contributed by atoms with Gasteiger partial charge >= 0.3 is 16.4 Å². The highest BCUT2D eigenvalue weighted by Gasteiger charge is 2.48. The number of ether oxygens (including phenoxy) is 2. The van der Waals surface area contributed by atoms with Gasteiger partial charge in [0.15, 0.2) is 6.10 Å². The van der Waals surface area contributed by atoms with E-state index in [2.05, 4.69) is 5.32 Å². The Morgan fingerprint density at radius 3 is 2.04 bits per heavy atom. The molecule has 13 nitrogen and oxygen atoms in total. The summed E-state index contributed by atoms with van der Waals surface area (Å²) in [5.41, 5.74) is -0.395. The number of hydrogen-bond donors (Lipinski definition) is 7. The van der Waals surface area contributed by atoms with Crippen molar-refractivity contribution in [3.8, 4) is 5.75 Å². The van der Waals surface area contributed by atoms with E-state index in [9.17, 15) is 24.9 Å². The molecule has 1 aliphatic rings. The van der Waals surface area contributed by atoms with E-state index >= 15 is 0 Å². The van der Waals surface area contributed by atoms with Crippen molar-refractivity contribution >= 4 is 28.0 Å². The third kappa shape index (κ3) is 7.73. The lowest BCUT2D eigenvalue weighted by molar-refractivity contribution is -0.271. The molecule has 0 aromatic heterocycles. The maximum absolute atomic E-state index is 11.2. The van der Waals surface area contributed by atoms with Crippen LogP contribution in [0.5, 0.6) is 5.75 Å². The van der Waals surface area contributed by atoms with Crippen molar-refractivity contribution in [2.24, 2.45) is 0 Å². The van der Waals surface area contributed by atoms with Gasteiger partial charge in [0.1, 0.15) is 24.1 Å². The Morgan fingerprint density at radius 1 is 1.11 bits per heavy atom. The maximum atomic E-state index is 11.2. The van der Waals surface area contributed by atoms with E-state index < -0.39 is 88.6 Å². The van der Waals surface area contributed by atoms with Crippen LogP contribution in [-0.2, 0) is 24.7 Å². The van der Waals surface area contributed by atoms with Gasteiger partial charge in [-0.05, 0) is 24.2 Å². The highest BCUT2D eigenvalue weighted by Crippen LogP contribution is 2.25. The van der Waals surface area contributed by atoms with Gasteiger partial charge in [0.2, 0.25) is 12.2 Å². The van der Waals surface area contributed by atoms with Crippen molar-refractivity contribution in [3.63, 3.8) is 0 Å². The maximum Gasteiger partial charge on any atom is 0.394 e. The van der Waals surface area contributed by atoms with Crippen LogP contribution in [0.15, 0.2) is 24.2 Å². The summed E-state index contributed by atoms with van der Waals surface area (Å²) in [5, 5.41) is 40.5. The zero-order chi connectivity index (χ0) is 25.1. The average Bonchev–Trinajstić information content (AvgIpc) is 2.65. The summed E-state index contributed by atoms with van der Waals surface area (Å²) >= 11 is 0. The first-order valence-corrected chi connectivity index (χ1v) is 8.54. The van der Waals surface area contributed by atoms with E-state index in [4.69, 9.17) is 37.6 Å². The Morgan fingerprint density at radius 2 is 1.61 bits per heavy atom. The first-order chi connectivity index (χ1) is 14.5. The van der Waals surface area contributed by atoms with Gasteiger partial charge in [-0.15, -0.1) is 0 Å². The molecule has 1 aliphatic heterocycles. The molecule has 1 aromatic rings. The topological polar surface area (TPSA) is 220 Å². The fourth-order valence-electron chi connectivity index (χ4n) is 1.86. The lowest BCUT2D eigenvalue weighted by Crippen LogP contribution is -2.61. The number of amides is 1. The van der Waals surface area contributed by atoms with Gasteiger partial charge in [-0.2, -0.15) is 8.42 Å². The summed E-state index contributed by atoms with van der Waals surface area (Å²) in [6, 6.07) is -2.77. The number of aliphatic carboxylic acids is 1. The zero-order valence-corrected chi connectivity index (χ0v) is 14.7. The van der Waals surface area contributed by atoms with Crippen LogP contribution in [0, 0.1) is 0 Å². The van der Waals surface area contributed by atoms with E-state index in [-0.39, 0.29) is 0 Å². The van der Waals surface area contributed by atoms with E-state index in [1.54, 1.807) is 0 Å². The minimum Gasteiger partial charge on any atom is -0.479 e. The minimum absolute atomic E-state index is 0.395. The van der Waals surface area contributed by atoms with Crippen LogP contribution in [0.1, 0.15) is 12.4 Å². The third-order valence-electron chi connectivity index (χ3n) is 2.95. The zero-order valence-electron chi connectivity index (χ0n) is 17.9. The number of carboxylic acid groups (broad SMARTS) is 1. The number of benzene rings is 1. The molecular formula is C14H19NO12S. The standard InChI is InChI=1S/C14H17NO8.H2O4S/c1-6(16)15-7-2-4-8(5-3-7)22-14-11(19)9(17)10(18)12(23-14)13(20)21;1-5(2,3)4/h2-5,9-12,14,17-19H,1H3,(H,15,16)(H,20,21);(H2,1,2,3,4)/t9-,10-,11+,12-,14+;/m0./s1/i2D,3D,4D,5D;. The molecule has 7 N–H and O–H groups in total. The molecule has 0 radical (unpaired) electrons. The predicted octanol–water partition coefficient (Wildman–Crippen LogP) is -1.74. The summed E-state index contributed by atoms with van der Waals surface area (Å²) in [4.78, 5) is 22.3. The Balaban J connectivity index is 0.000000920. The summed E-state index contributed by atoms with van der Waals surface area (Å²) in [6.45, 7) is 1.11. The largest absolute Gasteiger partial charge is 0.479 e. The molecule has 1 heterocycles. The fraction of sp³-hybridized carbons (Fsp3) is 0.429. The van der Waals surface area contributed by atoms with Crippen molar-refractivity contribution in [3.05, 3.63) is 24.2 Å². The molecule has 0 unspecified atom stereocenters. The number of aliphatic hydroxyl groups excluding tert-OH is 3. The Kier molecular flexibility index (Phi) is 6.17. The summed E-state index contributed by atoms with van der Waals surface area (Å²) in [7, 11) is -4.67. The number of carboxylic acids is 1. The van der Waals surface area contributed by atoms with E-state index in [1.165, 1.54) is 0 Å². The van der Waals surface area contributed by atoms with E-state index in [0.717, 1.165) is 6.92 Å². The Bertz CT molecular complexity index is 953. The van der Waals surface area contributed by atoms with Crippen LogP contribution in [0.2, 0.25) is 0 Å². The first kappa shape index (κ1) is 17.7. The van der Waals surface area contributed by atoms with Crippen LogP contribution >= 0.6 is 0 Å². The Hall–Kier alpha value is -2.33. The average molecular weight is 429 g/mol. The lowest BCUT2D eigenvalue weighted by atomic mass is 9.99. The first-order valence-electron chi connectivity index (χ1n) is 9.14. The number of rotatable bonds is 4. The van der Waals surface area contributed by atoms with Crippen LogP contribution in [0.25, 0.3) is 0 Å². The number of anilines is 1. The van der Waals surface area contributed by atoms with Crippen molar-refractivity contribution in [1.29, 1.82) is 0 Å². The fourth-order valence-corrected chi connectivity index (χ4v) is 1.86. The molecule has 1 amide bonds. The molecule has 1 fully saturated rings. The second-order valence-corrected chi connectivity index (χ2v) is 6.08. The van der Waals surface area contributed by atoms with Crippen molar-refractivity contribution in [2.45, 2.75) is 37.6 Å². The molecular weight excluding hydrogens is 406 g/mol. The third-order valence-corrected chi connectivity index (χ3v) is 2.95. The van der Waals surface area contributed by atoms with E-state index in [1.807, 2.05) is 0 Å².